The summed E-state index contributed by atoms with van der Waals surface area (Å²) in [6.07, 6.45) is 2.24. The lowest BCUT2D eigenvalue weighted by Crippen LogP contribution is -2.41. The number of rotatable bonds is 8. The van der Waals surface area contributed by atoms with Gasteiger partial charge < -0.3 is 19.9 Å². The van der Waals surface area contributed by atoms with E-state index in [1.165, 1.54) is 19.1 Å². The number of carbonyl (C=O) groups is 2. The van der Waals surface area contributed by atoms with Crippen molar-refractivity contribution < 1.29 is 23.8 Å². The maximum absolute atomic E-state index is 13.3. The molecule has 1 aromatic heterocycles. The molecule has 0 aliphatic carbocycles. The van der Waals surface area contributed by atoms with Crippen LogP contribution in [0, 0.1) is 11.3 Å². The molecular formula is C29H26N4O5. The normalized spacial score (nSPS) is 15.1. The second-order valence-electron chi connectivity index (χ2n) is 8.22. The van der Waals surface area contributed by atoms with E-state index in [4.69, 9.17) is 19.9 Å². The number of para-hydroxylation sites is 2. The Morgan fingerprint density at radius 2 is 1.66 bits per heavy atom. The zero-order valence-corrected chi connectivity index (χ0v) is 21.0. The first-order valence-corrected chi connectivity index (χ1v) is 11.8. The summed E-state index contributed by atoms with van der Waals surface area (Å²) in [6, 6.07) is 23.5. The molecule has 38 heavy (non-hydrogen) atoms. The van der Waals surface area contributed by atoms with E-state index in [-0.39, 0.29) is 29.3 Å². The summed E-state index contributed by atoms with van der Waals surface area (Å²) >= 11 is 0. The van der Waals surface area contributed by atoms with E-state index in [1.54, 1.807) is 60.8 Å². The van der Waals surface area contributed by atoms with E-state index in [0.717, 1.165) is 5.69 Å². The lowest BCUT2D eigenvalue weighted by Gasteiger charge is -2.36. The van der Waals surface area contributed by atoms with Crippen molar-refractivity contribution in [1.82, 2.24) is 4.98 Å². The predicted octanol–water partition coefficient (Wildman–Crippen LogP) is 3.60. The van der Waals surface area contributed by atoms with Crippen LogP contribution in [0.4, 0.5) is 5.69 Å². The van der Waals surface area contributed by atoms with Gasteiger partial charge >= 0.3 is 11.9 Å². The molecule has 1 atom stereocenters. The molecule has 1 aliphatic heterocycles. The monoisotopic (exact) mass is 510 g/mol. The molecule has 0 amide bonds. The van der Waals surface area contributed by atoms with Crippen molar-refractivity contribution in [2.75, 3.05) is 25.7 Å². The Labute approximate surface area is 220 Å². The van der Waals surface area contributed by atoms with Gasteiger partial charge in [0.2, 0.25) is 0 Å². The second-order valence-corrected chi connectivity index (χ2v) is 8.22. The third-order valence-electron chi connectivity index (χ3n) is 6.06. The fourth-order valence-corrected chi connectivity index (χ4v) is 4.34. The summed E-state index contributed by atoms with van der Waals surface area (Å²) in [5.74, 6) is -2.22. The molecule has 1 unspecified atom stereocenters. The quantitative estimate of drug-likeness (QED) is 0.452. The van der Waals surface area contributed by atoms with Crippen molar-refractivity contribution in [2.24, 2.45) is 5.73 Å². The summed E-state index contributed by atoms with van der Waals surface area (Å²) in [5.41, 5.74) is 8.23. The van der Waals surface area contributed by atoms with E-state index in [2.05, 4.69) is 11.1 Å². The summed E-state index contributed by atoms with van der Waals surface area (Å²) in [7, 11) is 2.41. The highest BCUT2D eigenvalue weighted by atomic mass is 16.5. The van der Waals surface area contributed by atoms with Gasteiger partial charge in [-0.1, -0.05) is 48.5 Å². The molecule has 0 bridgehead atoms. The van der Waals surface area contributed by atoms with Crippen LogP contribution in [0.5, 0.6) is 5.75 Å². The number of allylic oxidation sites excluding steroid dienone is 1. The van der Waals surface area contributed by atoms with Crippen molar-refractivity contribution in [1.29, 1.82) is 5.26 Å². The number of ether oxygens (including phenoxy) is 3. The van der Waals surface area contributed by atoms with Crippen LogP contribution >= 0.6 is 0 Å². The first-order chi connectivity index (χ1) is 18.5. The fraction of sp³-hybridized carbons (Fsp3) is 0.172. The zero-order chi connectivity index (χ0) is 27.1. The number of anilines is 1. The minimum atomic E-state index is -0.948. The van der Waals surface area contributed by atoms with E-state index in [1.807, 2.05) is 18.2 Å². The Hall–Kier alpha value is -5.10. The van der Waals surface area contributed by atoms with Gasteiger partial charge in [-0.05, 0) is 29.8 Å². The van der Waals surface area contributed by atoms with Crippen LogP contribution in [0.3, 0.4) is 0 Å². The molecule has 2 aromatic carbocycles. The second kappa shape index (κ2) is 11.8. The molecular weight excluding hydrogens is 484 g/mol. The molecule has 9 nitrogen and oxygen atoms in total. The Morgan fingerprint density at radius 1 is 0.974 bits per heavy atom. The van der Waals surface area contributed by atoms with E-state index >= 15 is 0 Å². The molecule has 2 heterocycles. The van der Waals surface area contributed by atoms with Crippen LogP contribution < -0.4 is 15.4 Å². The van der Waals surface area contributed by atoms with Crippen molar-refractivity contribution in [2.45, 2.75) is 12.3 Å². The number of nitrogens with zero attached hydrogens (tertiary/aromatic N) is 3. The van der Waals surface area contributed by atoms with Crippen LogP contribution in [0.1, 0.15) is 17.2 Å². The Morgan fingerprint density at radius 3 is 2.32 bits per heavy atom. The summed E-state index contributed by atoms with van der Waals surface area (Å²) in [6.45, 7) is 0.282. The standard InChI is InChI=1S/C29H26N4O5/c1-36-28(34)25-24(19-10-4-3-5-11-19)21(18-30)27(31)33(26(25)29(35)37-2)22-13-6-7-14-23(22)38-17-15-20-12-8-9-16-32-20/h3-14,16,24H,15,17,31H2,1-2H3. The molecule has 0 radical (unpaired) electrons. The van der Waals surface area contributed by atoms with Gasteiger partial charge in [-0.2, -0.15) is 5.26 Å². The van der Waals surface area contributed by atoms with Crippen LogP contribution in [0.15, 0.2) is 102 Å². The number of esters is 2. The number of nitriles is 1. The minimum Gasteiger partial charge on any atom is -0.491 e. The average Bonchev–Trinajstić information content (AvgIpc) is 2.97. The molecule has 0 spiro atoms. The van der Waals surface area contributed by atoms with Crippen molar-refractivity contribution in [3.8, 4) is 11.8 Å². The molecule has 2 N–H and O–H groups in total. The van der Waals surface area contributed by atoms with Gasteiger partial charge in [0.25, 0.3) is 0 Å². The number of methoxy groups -OCH3 is 2. The van der Waals surface area contributed by atoms with Crippen molar-refractivity contribution in [3.05, 3.63) is 113 Å². The zero-order valence-electron chi connectivity index (χ0n) is 21.0. The van der Waals surface area contributed by atoms with E-state index in [9.17, 15) is 14.9 Å². The predicted molar refractivity (Wildman–Crippen MR) is 139 cm³/mol. The number of carbonyl (C=O) groups excluding carboxylic acids is 2. The van der Waals surface area contributed by atoms with Crippen LogP contribution in [0.2, 0.25) is 0 Å². The van der Waals surface area contributed by atoms with Crippen LogP contribution in [0.25, 0.3) is 0 Å². The lowest BCUT2D eigenvalue weighted by atomic mass is 9.81. The maximum atomic E-state index is 13.3. The average molecular weight is 511 g/mol. The van der Waals surface area contributed by atoms with Gasteiger partial charge in [-0.3, -0.25) is 9.88 Å². The summed E-state index contributed by atoms with van der Waals surface area (Å²) < 4.78 is 16.2. The highest BCUT2D eigenvalue weighted by molar-refractivity contribution is 6.06. The number of hydrogen-bond donors (Lipinski definition) is 1. The van der Waals surface area contributed by atoms with Crippen LogP contribution in [-0.2, 0) is 25.5 Å². The van der Waals surface area contributed by atoms with E-state index < -0.39 is 17.9 Å². The first-order valence-electron chi connectivity index (χ1n) is 11.8. The molecule has 192 valence electrons. The molecule has 9 heteroatoms. The van der Waals surface area contributed by atoms with Gasteiger partial charge in [0.15, 0.2) is 0 Å². The topological polar surface area (TPSA) is 128 Å². The third-order valence-corrected chi connectivity index (χ3v) is 6.06. The Kier molecular flexibility index (Phi) is 8.04. The van der Waals surface area contributed by atoms with Gasteiger partial charge in [-0.25, -0.2) is 9.59 Å². The minimum absolute atomic E-state index is 0.0322. The van der Waals surface area contributed by atoms with E-state index in [0.29, 0.717) is 23.4 Å². The van der Waals surface area contributed by atoms with Crippen molar-refractivity contribution >= 4 is 17.6 Å². The molecule has 1 aliphatic rings. The maximum Gasteiger partial charge on any atom is 0.355 e. The Bertz CT molecular complexity index is 1430. The molecule has 0 fully saturated rings. The SMILES string of the molecule is COC(=O)C1=C(C(=O)OC)N(c2ccccc2OCCc2ccccn2)C(N)=C(C#N)C1c1ccccc1. The van der Waals surface area contributed by atoms with Gasteiger partial charge in [0.1, 0.15) is 17.3 Å². The molecule has 0 saturated carbocycles. The first kappa shape index (κ1) is 26.0. The van der Waals surface area contributed by atoms with Gasteiger partial charge in [0.05, 0.1) is 49.6 Å². The third kappa shape index (κ3) is 5.06. The molecule has 3 aromatic rings. The summed E-state index contributed by atoms with van der Waals surface area (Å²) in [5, 5.41) is 10.2. The molecule has 4 rings (SSSR count). The number of nitrogens with two attached hydrogens (primary N) is 1. The lowest BCUT2D eigenvalue weighted by molar-refractivity contribution is -0.139. The van der Waals surface area contributed by atoms with Crippen molar-refractivity contribution in [3.63, 3.8) is 0 Å². The smallest absolute Gasteiger partial charge is 0.355 e. The van der Waals surface area contributed by atoms with Crippen LogP contribution in [-0.4, -0.2) is 37.7 Å². The number of benzene rings is 2. The van der Waals surface area contributed by atoms with Gasteiger partial charge in [-0.15, -0.1) is 0 Å². The fourth-order valence-electron chi connectivity index (χ4n) is 4.34. The number of aromatic nitrogens is 1. The largest absolute Gasteiger partial charge is 0.491 e. The number of hydrogen-bond acceptors (Lipinski definition) is 9. The van der Waals surface area contributed by atoms with Gasteiger partial charge in [0, 0.05) is 18.3 Å². The molecule has 0 saturated heterocycles. The number of pyridine rings is 1. The highest BCUT2D eigenvalue weighted by Gasteiger charge is 2.43. The summed E-state index contributed by atoms with van der Waals surface area (Å²) in [4.78, 5) is 32.1. The highest BCUT2D eigenvalue weighted by Crippen LogP contribution is 2.45. The Balaban J connectivity index is 1.87.